The lowest BCUT2D eigenvalue weighted by Crippen LogP contribution is -2.21. The van der Waals surface area contributed by atoms with Crippen LogP contribution in [0.3, 0.4) is 0 Å². The van der Waals surface area contributed by atoms with E-state index in [-0.39, 0.29) is 17.6 Å². The van der Waals surface area contributed by atoms with Crippen LogP contribution in [0.5, 0.6) is 5.75 Å². The Morgan fingerprint density at radius 3 is 2.32 bits per heavy atom. The second-order valence-electron chi connectivity index (χ2n) is 5.06. The number of fused-ring (bicyclic) bond motifs is 1. The van der Waals surface area contributed by atoms with Gasteiger partial charge in [0.15, 0.2) is 0 Å². The van der Waals surface area contributed by atoms with Crippen molar-refractivity contribution in [2.24, 2.45) is 0 Å². The molecule has 1 aliphatic rings. The molecule has 1 atom stereocenters. The van der Waals surface area contributed by atoms with Gasteiger partial charge in [0.2, 0.25) is 0 Å². The van der Waals surface area contributed by atoms with Crippen molar-refractivity contribution in [2.75, 3.05) is 0 Å². The summed E-state index contributed by atoms with van der Waals surface area (Å²) in [6.07, 6.45) is 0. The average molecular weight is 257 g/mol. The fraction of sp³-hybridized carbons (Fsp3) is 0.250. The summed E-state index contributed by atoms with van der Waals surface area (Å²) in [5.41, 5.74) is 3.26. The van der Waals surface area contributed by atoms with Gasteiger partial charge in [-0.15, -0.1) is 0 Å². The first-order chi connectivity index (χ1) is 9.15. The quantitative estimate of drug-likeness (QED) is 0.888. The minimum Gasteiger partial charge on any atom is -0.508 e. The van der Waals surface area contributed by atoms with Gasteiger partial charge in [0.25, 0.3) is 0 Å². The molecule has 1 heterocycles. The molecule has 2 nitrogen and oxygen atoms in total. The first-order valence-corrected chi connectivity index (χ1v) is 6.44. The molecule has 0 amide bonds. The number of benzene rings is 2. The summed E-state index contributed by atoms with van der Waals surface area (Å²) >= 11 is 0. The van der Waals surface area contributed by atoms with Crippen molar-refractivity contribution in [3.8, 4) is 5.75 Å². The summed E-state index contributed by atoms with van der Waals surface area (Å²) in [5, 5.41) is 9.27. The summed E-state index contributed by atoms with van der Waals surface area (Å²) in [7, 11) is 0. The highest BCUT2D eigenvalue weighted by atomic mass is 19.1. The maximum atomic E-state index is 13.9. The van der Waals surface area contributed by atoms with Crippen LogP contribution in [-0.4, -0.2) is 10.0 Å². The van der Waals surface area contributed by atoms with Crippen LogP contribution in [0, 0.1) is 5.82 Å². The number of rotatable bonds is 2. The molecular formula is C16H16FNO. The summed E-state index contributed by atoms with van der Waals surface area (Å²) in [5.74, 6) is -0.374. The molecule has 3 heteroatoms. The smallest absolute Gasteiger partial charge is 0.131 e. The summed E-state index contributed by atoms with van der Waals surface area (Å²) in [4.78, 5) is 2.24. The molecule has 2 aromatic carbocycles. The Hall–Kier alpha value is -1.87. The SMILES string of the molecule is CC(c1ccc(O)cc1F)N1Cc2ccccc2C1. The molecule has 0 aliphatic carbocycles. The minimum atomic E-state index is -0.344. The molecule has 1 N–H and O–H groups in total. The van der Waals surface area contributed by atoms with Crippen LogP contribution in [0.15, 0.2) is 42.5 Å². The highest BCUT2D eigenvalue weighted by molar-refractivity contribution is 5.33. The molecule has 0 spiro atoms. The molecule has 0 aromatic heterocycles. The molecule has 0 radical (unpaired) electrons. The van der Waals surface area contributed by atoms with E-state index in [0.717, 1.165) is 13.1 Å². The van der Waals surface area contributed by atoms with E-state index in [4.69, 9.17) is 0 Å². The molecule has 98 valence electrons. The maximum absolute atomic E-state index is 13.9. The van der Waals surface area contributed by atoms with E-state index < -0.39 is 0 Å². The molecule has 0 bridgehead atoms. The predicted octanol–water partition coefficient (Wildman–Crippen LogP) is 3.61. The second kappa shape index (κ2) is 4.67. The van der Waals surface area contributed by atoms with E-state index in [1.807, 2.05) is 19.1 Å². The monoisotopic (exact) mass is 257 g/mol. The van der Waals surface area contributed by atoms with Gasteiger partial charge in [-0.05, 0) is 24.1 Å². The Labute approximate surface area is 112 Å². The zero-order chi connectivity index (χ0) is 13.4. The summed E-state index contributed by atoms with van der Waals surface area (Å²) < 4.78 is 13.9. The zero-order valence-corrected chi connectivity index (χ0v) is 10.8. The molecule has 0 saturated heterocycles. The van der Waals surface area contributed by atoms with Gasteiger partial charge >= 0.3 is 0 Å². The number of halogens is 1. The standard InChI is InChI=1S/C16H16FNO/c1-11(15-7-6-14(19)8-16(15)17)18-9-12-4-2-3-5-13(12)10-18/h2-8,11,19H,9-10H2,1H3. The van der Waals surface area contributed by atoms with Crippen LogP contribution in [0.1, 0.15) is 29.7 Å². The van der Waals surface area contributed by atoms with Crippen LogP contribution < -0.4 is 0 Å². The number of nitrogens with zero attached hydrogens (tertiary/aromatic N) is 1. The highest BCUT2D eigenvalue weighted by Gasteiger charge is 2.25. The van der Waals surface area contributed by atoms with Crippen molar-refractivity contribution in [1.29, 1.82) is 0 Å². The molecule has 0 fully saturated rings. The minimum absolute atomic E-state index is 0.00648. The number of phenols is 1. The first kappa shape index (κ1) is 12.2. The lowest BCUT2D eigenvalue weighted by molar-refractivity contribution is 0.210. The number of phenolic OH excluding ortho intramolecular Hbond substituents is 1. The van der Waals surface area contributed by atoms with E-state index in [2.05, 4.69) is 17.0 Å². The van der Waals surface area contributed by atoms with Crippen molar-refractivity contribution in [2.45, 2.75) is 26.1 Å². The first-order valence-electron chi connectivity index (χ1n) is 6.44. The summed E-state index contributed by atoms with van der Waals surface area (Å²) in [6.45, 7) is 3.69. The molecule has 3 rings (SSSR count). The molecule has 2 aromatic rings. The van der Waals surface area contributed by atoms with Crippen molar-refractivity contribution >= 4 is 0 Å². The van der Waals surface area contributed by atoms with Crippen LogP contribution in [0.4, 0.5) is 4.39 Å². The number of hydrogen-bond acceptors (Lipinski definition) is 2. The number of hydrogen-bond donors (Lipinski definition) is 1. The van der Waals surface area contributed by atoms with Crippen molar-refractivity contribution < 1.29 is 9.50 Å². The van der Waals surface area contributed by atoms with Gasteiger partial charge in [0.1, 0.15) is 11.6 Å². The molecular weight excluding hydrogens is 241 g/mol. The van der Waals surface area contributed by atoms with E-state index in [0.29, 0.717) is 5.56 Å². The highest BCUT2D eigenvalue weighted by Crippen LogP contribution is 2.32. The number of aromatic hydroxyl groups is 1. The van der Waals surface area contributed by atoms with Gasteiger partial charge in [-0.1, -0.05) is 30.3 Å². The topological polar surface area (TPSA) is 23.5 Å². The van der Waals surface area contributed by atoms with Gasteiger partial charge in [0.05, 0.1) is 0 Å². The molecule has 19 heavy (non-hydrogen) atoms. The summed E-state index contributed by atoms with van der Waals surface area (Å²) in [6, 6.07) is 12.7. The van der Waals surface area contributed by atoms with Gasteiger partial charge in [-0.25, -0.2) is 4.39 Å². The third-order valence-electron chi connectivity index (χ3n) is 3.85. The Kier molecular flexibility index (Phi) is 2.99. The van der Waals surface area contributed by atoms with E-state index in [9.17, 15) is 9.50 Å². The van der Waals surface area contributed by atoms with E-state index in [1.54, 1.807) is 6.07 Å². The van der Waals surface area contributed by atoms with Crippen LogP contribution in [0.2, 0.25) is 0 Å². The van der Waals surface area contributed by atoms with Crippen LogP contribution in [0.25, 0.3) is 0 Å². The average Bonchev–Trinajstić information content (AvgIpc) is 2.81. The van der Waals surface area contributed by atoms with Crippen LogP contribution >= 0.6 is 0 Å². The Morgan fingerprint density at radius 2 is 1.74 bits per heavy atom. The normalized spacial score (nSPS) is 16.3. The van der Waals surface area contributed by atoms with E-state index >= 15 is 0 Å². The zero-order valence-electron chi connectivity index (χ0n) is 10.8. The Balaban J connectivity index is 1.85. The third kappa shape index (κ3) is 2.22. The third-order valence-corrected chi connectivity index (χ3v) is 3.85. The van der Waals surface area contributed by atoms with Crippen molar-refractivity contribution in [1.82, 2.24) is 4.90 Å². The van der Waals surface area contributed by atoms with Gasteiger partial charge in [0, 0.05) is 30.8 Å². The van der Waals surface area contributed by atoms with E-state index in [1.165, 1.54) is 23.3 Å². The Bertz CT molecular complexity index is 586. The maximum Gasteiger partial charge on any atom is 0.131 e. The fourth-order valence-electron chi connectivity index (χ4n) is 2.68. The largest absolute Gasteiger partial charge is 0.508 e. The van der Waals surface area contributed by atoms with Gasteiger partial charge < -0.3 is 5.11 Å². The molecule has 1 unspecified atom stereocenters. The lowest BCUT2D eigenvalue weighted by atomic mass is 10.1. The van der Waals surface area contributed by atoms with Gasteiger partial charge in [-0.2, -0.15) is 0 Å². The predicted molar refractivity (Wildman–Crippen MR) is 72.2 cm³/mol. The molecule has 1 aliphatic heterocycles. The van der Waals surface area contributed by atoms with Crippen LogP contribution in [-0.2, 0) is 13.1 Å². The molecule has 0 saturated carbocycles. The second-order valence-corrected chi connectivity index (χ2v) is 5.06. The van der Waals surface area contributed by atoms with Gasteiger partial charge in [-0.3, -0.25) is 4.90 Å². The van der Waals surface area contributed by atoms with Crippen molar-refractivity contribution in [3.63, 3.8) is 0 Å². The Morgan fingerprint density at radius 1 is 1.11 bits per heavy atom. The lowest BCUT2D eigenvalue weighted by Gasteiger charge is -2.24. The fourth-order valence-corrected chi connectivity index (χ4v) is 2.68. The van der Waals surface area contributed by atoms with Crippen molar-refractivity contribution in [3.05, 3.63) is 65.0 Å².